The van der Waals surface area contributed by atoms with E-state index in [2.05, 4.69) is 5.32 Å². The highest BCUT2D eigenvalue weighted by Crippen LogP contribution is 2.19. The molecule has 1 amide bonds. The van der Waals surface area contributed by atoms with E-state index in [9.17, 15) is 9.90 Å². The van der Waals surface area contributed by atoms with Crippen molar-refractivity contribution in [3.05, 3.63) is 29.8 Å². The number of likely N-dealkylation sites (N-methyl/N-ethyl adjacent to an activating group) is 1. The van der Waals surface area contributed by atoms with Gasteiger partial charge in [-0.3, -0.25) is 9.69 Å². The Morgan fingerprint density at radius 3 is 2.57 bits per heavy atom. The van der Waals surface area contributed by atoms with Crippen molar-refractivity contribution in [3.8, 4) is 5.75 Å². The summed E-state index contributed by atoms with van der Waals surface area (Å²) < 4.78 is 5.60. The number of aliphatic hydroxyl groups is 1. The Morgan fingerprint density at radius 2 is 2.00 bits per heavy atom. The zero-order valence-corrected chi connectivity index (χ0v) is 13.5. The van der Waals surface area contributed by atoms with Gasteiger partial charge in [-0.25, -0.2) is 0 Å². The lowest BCUT2D eigenvalue weighted by Gasteiger charge is -2.20. The van der Waals surface area contributed by atoms with Gasteiger partial charge in [0.2, 0.25) is 5.91 Å². The number of aliphatic hydroxyl groups excluding tert-OH is 1. The summed E-state index contributed by atoms with van der Waals surface area (Å²) in [6, 6.07) is 7.07. The van der Waals surface area contributed by atoms with E-state index in [0.29, 0.717) is 0 Å². The molecule has 5 heteroatoms. The lowest BCUT2D eigenvalue weighted by molar-refractivity contribution is -0.125. The van der Waals surface area contributed by atoms with Crippen molar-refractivity contribution < 1.29 is 14.6 Å². The molecule has 0 fully saturated rings. The van der Waals surface area contributed by atoms with Gasteiger partial charge in [0, 0.05) is 6.54 Å². The fraction of sp³-hybridized carbons (Fsp3) is 0.562. The third kappa shape index (κ3) is 5.73. The van der Waals surface area contributed by atoms with Crippen LogP contribution in [0.25, 0.3) is 0 Å². The molecule has 0 aromatic heterocycles. The van der Waals surface area contributed by atoms with E-state index in [1.54, 1.807) is 6.07 Å². The molecule has 0 saturated carbocycles. The first-order valence-corrected chi connectivity index (χ1v) is 7.20. The van der Waals surface area contributed by atoms with Crippen molar-refractivity contribution >= 4 is 5.91 Å². The summed E-state index contributed by atoms with van der Waals surface area (Å²) >= 11 is 0. The summed E-state index contributed by atoms with van der Waals surface area (Å²) in [7, 11) is 3.68. The van der Waals surface area contributed by atoms with Crippen molar-refractivity contribution in [1.29, 1.82) is 0 Å². The van der Waals surface area contributed by atoms with Crippen molar-refractivity contribution in [2.24, 2.45) is 0 Å². The third-order valence-corrected chi connectivity index (χ3v) is 3.24. The molecule has 0 spiro atoms. The molecule has 21 heavy (non-hydrogen) atoms. The van der Waals surface area contributed by atoms with Gasteiger partial charge in [0.15, 0.2) is 0 Å². The topological polar surface area (TPSA) is 61.8 Å². The van der Waals surface area contributed by atoms with E-state index in [1.807, 2.05) is 58.0 Å². The van der Waals surface area contributed by atoms with Crippen LogP contribution >= 0.6 is 0 Å². The van der Waals surface area contributed by atoms with Crippen molar-refractivity contribution in [2.75, 3.05) is 20.6 Å². The smallest absolute Gasteiger partial charge is 0.237 e. The minimum absolute atomic E-state index is 0.0815. The Hall–Kier alpha value is -1.59. The fourth-order valence-electron chi connectivity index (χ4n) is 1.76. The van der Waals surface area contributed by atoms with Crippen LogP contribution in [0, 0.1) is 0 Å². The number of carbonyl (C=O) groups excluding carboxylic acids is 1. The highest BCUT2D eigenvalue weighted by molar-refractivity contribution is 5.81. The van der Waals surface area contributed by atoms with Gasteiger partial charge in [0.1, 0.15) is 5.75 Å². The summed E-state index contributed by atoms with van der Waals surface area (Å²) in [6.45, 7) is 5.90. The average Bonchev–Trinajstić information content (AvgIpc) is 2.42. The molecule has 0 heterocycles. The van der Waals surface area contributed by atoms with E-state index < -0.39 is 6.10 Å². The first-order valence-electron chi connectivity index (χ1n) is 7.20. The van der Waals surface area contributed by atoms with Crippen LogP contribution in [-0.2, 0) is 4.79 Å². The molecule has 2 N–H and O–H groups in total. The minimum atomic E-state index is -0.751. The highest BCUT2D eigenvalue weighted by Gasteiger charge is 2.16. The molecule has 0 saturated heterocycles. The van der Waals surface area contributed by atoms with Crippen LogP contribution in [-0.4, -0.2) is 48.7 Å². The van der Waals surface area contributed by atoms with Gasteiger partial charge in [-0.15, -0.1) is 0 Å². The Balaban J connectivity index is 2.59. The number of benzene rings is 1. The predicted octanol–water partition coefficient (Wildman–Crippen LogP) is 1.57. The number of ether oxygens (including phenoxy) is 1. The second-order valence-corrected chi connectivity index (χ2v) is 5.64. The SMILES string of the molecule is CC(C)Oc1cccc(C(O)CNC(=O)[C@H](C)N(C)C)c1. The van der Waals surface area contributed by atoms with Gasteiger partial charge in [-0.1, -0.05) is 12.1 Å². The molecular formula is C16H26N2O3. The summed E-state index contributed by atoms with van der Waals surface area (Å²) in [5, 5.41) is 12.9. The number of hydrogen-bond acceptors (Lipinski definition) is 4. The molecule has 0 radical (unpaired) electrons. The fourth-order valence-corrected chi connectivity index (χ4v) is 1.76. The molecular weight excluding hydrogens is 268 g/mol. The van der Waals surface area contributed by atoms with Crippen LogP contribution in [0.3, 0.4) is 0 Å². The van der Waals surface area contributed by atoms with Crippen LogP contribution in [0.15, 0.2) is 24.3 Å². The normalized spacial score (nSPS) is 14.1. The highest BCUT2D eigenvalue weighted by atomic mass is 16.5. The first-order chi connectivity index (χ1) is 9.81. The zero-order chi connectivity index (χ0) is 16.0. The predicted molar refractivity (Wildman–Crippen MR) is 83.3 cm³/mol. The lowest BCUT2D eigenvalue weighted by atomic mass is 10.1. The third-order valence-electron chi connectivity index (χ3n) is 3.24. The molecule has 1 unspecified atom stereocenters. The molecule has 118 valence electrons. The summed E-state index contributed by atoms with van der Waals surface area (Å²) in [5.41, 5.74) is 0.728. The van der Waals surface area contributed by atoms with E-state index in [-0.39, 0.29) is 24.6 Å². The van der Waals surface area contributed by atoms with Gasteiger partial charge in [-0.2, -0.15) is 0 Å². The Kier molecular flexibility index (Phi) is 6.65. The van der Waals surface area contributed by atoms with Crippen LogP contribution in [0.5, 0.6) is 5.75 Å². The summed E-state index contributed by atoms with van der Waals surface area (Å²) in [5.74, 6) is 0.614. The second kappa shape index (κ2) is 8.00. The summed E-state index contributed by atoms with van der Waals surface area (Å²) in [4.78, 5) is 13.7. The van der Waals surface area contributed by atoms with Crippen molar-refractivity contribution in [1.82, 2.24) is 10.2 Å². The van der Waals surface area contributed by atoms with Crippen LogP contribution in [0.4, 0.5) is 0 Å². The molecule has 2 atom stereocenters. The largest absolute Gasteiger partial charge is 0.491 e. The average molecular weight is 294 g/mol. The van der Waals surface area contributed by atoms with Crippen LogP contribution in [0.2, 0.25) is 0 Å². The van der Waals surface area contributed by atoms with Gasteiger partial charge < -0.3 is 15.2 Å². The van der Waals surface area contributed by atoms with E-state index >= 15 is 0 Å². The van der Waals surface area contributed by atoms with Gasteiger partial charge in [0.25, 0.3) is 0 Å². The Labute approximate surface area is 126 Å². The number of hydrogen-bond donors (Lipinski definition) is 2. The Bertz CT molecular complexity index is 461. The maximum Gasteiger partial charge on any atom is 0.237 e. The quantitative estimate of drug-likeness (QED) is 0.801. The maximum atomic E-state index is 11.8. The lowest BCUT2D eigenvalue weighted by Crippen LogP contribution is -2.42. The molecule has 0 bridgehead atoms. The zero-order valence-electron chi connectivity index (χ0n) is 13.5. The molecule has 5 nitrogen and oxygen atoms in total. The maximum absolute atomic E-state index is 11.8. The molecule has 1 aromatic carbocycles. The Morgan fingerprint density at radius 1 is 1.33 bits per heavy atom. The van der Waals surface area contributed by atoms with E-state index in [4.69, 9.17) is 4.74 Å². The van der Waals surface area contributed by atoms with Crippen LogP contribution in [0.1, 0.15) is 32.4 Å². The molecule has 1 rings (SSSR count). The van der Waals surface area contributed by atoms with E-state index in [0.717, 1.165) is 11.3 Å². The monoisotopic (exact) mass is 294 g/mol. The molecule has 1 aromatic rings. The number of nitrogens with zero attached hydrogens (tertiary/aromatic N) is 1. The van der Waals surface area contributed by atoms with Gasteiger partial charge in [-0.05, 0) is 52.6 Å². The standard InChI is InChI=1S/C16H26N2O3/c1-11(2)21-14-8-6-7-13(9-14)15(19)10-17-16(20)12(3)18(4)5/h6-9,11-12,15,19H,10H2,1-5H3,(H,17,20)/t12-,15?/m0/s1. The number of nitrogens with one attached hydrogen (secondary N) is 1. The number of carbonyl (C=O) groups is 1. The molecule has 0 aliphatic carbocycles. The van der Waals surface area contributed by atoms with E-state index in [1.165, 1.54) is 0 Å². The van der Waals surface area contributed by atoms with Crippen molar-refractivity contribution in [3.63, 3.8) is 0 Å². The second-order valence-electron chi connectivity index (χ2n) is 5.64. The number of rotatable bonds is 7. The van der Waals surface area contributed by atoms with Crippen LogP contribution < -0.4 is 10.1 Å². The molecule has 0 aliphatic heterocycles. The first kappa shape index (κ1) is 17.5. The van der Waals surface area contributed by atoms with Gasteiger partial charge in [0.05, 0.1) is 18.2 Å². The van der Waals surface area contributed by atoms with Gasteiger partial charge >= 0.3 is 0 Å². The molecule has 0 aliphatic rings. The van der Waals surface area contributed by atoms with Crippen molar-refractivity contribution in [2.45, 2.75) is 39.0 Å². The number of amides is 1. The summed E-state index contributed by atoms with van der Waals surface area (Å²) in [6.07, 6.45) is -0.669. The minimum Gasteiger partial charge on any atom is -0.491 e.